The van der Waals surface area contributed by atoms with Crippen LogP contribution >= 0.6 is 11.6 Å². The number of hydrogen-bond donors (Lipinski definition) is 2. The van der Waals surface area contributed by atoms with Crippen LogP contribution in [-0.2, 0) is 5.54 Å². The van der Waals surface area contributed by atoms with Gasteiger partial charge < -0.3 is 10.6 Å². The van der Waals surface area contributed by atoms with Gasteiger partial charge in [-0.15, -0.1) is 0 Å². The van der Waals surface area contributed by atoms with Gasteiger partial charge in [0.2, 0.25) is 0 Å². The van der Waals surface area contributed by atoms with Gasteiger partial charge in [0.05, 0.1) is 24.0 Å². The zero-order chi connectivity index (χ0) is 19.1. The highest BCUT2D eigenvalue weighted by Crippen LogP contribution is 2.46. The summed E-state index contributed by atoms with van der Waals surface area (Å²) in [5.74, 6) is 0. The van der Waals surface area contributed by atoms with Crippen molar-refractivity contribution in [2.75, 3.05) is 20.6 Å². The normalized spacial score (nSPS) is 33.2. The minimum atomic E-state index is -0.463. The van der Waals surface area contributed by atoms with E-state index in [0.29, 0.717) is 6.54 Å². The van der Waals surface area contributed by atoms with Crippen molar-refractivity contribution in [3.05, 3.63) is 47.8 Å². The van der Waals surface area contributed by atoms with Crippen LogP contribution in [0.5, 0.6) is 0 Å². The van der Waals surface area contributed by atoms with Crippen LogP contribution < -0.4 is 10.6 Å². The molecule has 1 unspecified atom stereocenters. The maximum atomic E-state index is 12.6. The molecule has 2 amide bonds. The summed E-state index contributed by atoms with van der Waals surface area (Å²) in [6.07, 6.45) is 7.33. The van der Waals surface area contributed by atoms with Gasteiger partial charge in [0.25, 0.3) is 0 Å². The molecule has 0 bridgehead atoms. The van der Waals surface area contributed by atoms with E-state index in [1.165, 1.54) is 5.56 Å². The van der Waals surface area contributed by atoms with Crippen LogP contribution in [0.3, 0.4) is 0 Å². The van der Waals surface area contributed by atoms with Crippen molar-refractivity contribution in [1.29, 1.82) is 0 Å². The molecule has 4 rings (SSSR count). The van der Waals surface area contributed by atoms with E-state index in [1.54, 1.807) is 17.3 Å². The minimum absolute atomic E-state index is 0.0175. The van der Waals surface area contributed by atoms with E-state index in [0.717, 1.165) is 31.4 Å². The second kappa shape index (κ2) is 6.84. The molecule has 1 aromatic carbocycles. The number of urea groups is 1. The van der Waals surface area contributed by atoms with Gasteiger partial charge in [-0.3, -0.25) is 14.8 Å². The van der Waals surface area contributed by atoms with E-state index in [2.05, 4.69) is 65.0 Å². The number of allylic oxidation sites excluding steroid dienone is 1. The Balaban J connectivity index is 1.52. The van der Waals surface area contributed by atoms with Crippen molar-refractivity contribution in [2.24, 2.45) is 4.99 Å². The van der Waals surface area contributed by atoms with Gasteiger partial charge in [-0.2, -0.15) is 0 Å². The number of nitrogens with zero attached hydrogens (tertiary/aromatic N) is 3. The summed E-state index contributed by atoms with van der Waals surface area (Å²) in [6.45, 7) is 0.663. The Morgan fingerprint density at radius 2 is 1.89 bits per heavy atom. The second-order valence-electron chi connectivity index (χ2n) is 7.94. The first-order valence-corrected chi connectivity index (χ1v) is 9.84. The smallest absolute Gasteiger partial charge is 0.322 e. The van der Waals surface area contributed by atoms with Crippen LogP contribution in [0.15, 0.2) is 47.2 Å². The van der Waals surface area contributed by atoms with Crippen molar-refractivity contribution in [3.63, 3.8) is 0 Å². The number of carbonyl (C=O) groups is 1. The largest absolute Gasteiger partial charge is 0.356 e. The van der Waals surface area contributed by atoms with Crippen molar-refractivity contribution < 1.29 is 4.79 Å². The Labute approximate surface area is 165 Å². The summed E-state index contributed by atoms with van der Waals surface area (Å²) in [5, 5.41) is 6.21. The molecule has 2 heterocycles. The maximum absolute atomic E-state index is 12.6. The zero-order valence-electron chi connectivity index (χ0n) is 15.8. The Bertz CT molecular complexity index is 768. The van der Waals surface area contributed by atoms with Gasteiger partial charge >= 0.3 is 6.03 Å². The lowest BCUT2D eigenvalue weighted by Gasteiger charge is -2.48. The quantitative estimate of drug-likeness (QED) is 0.619. The summed E-state index contributed by atoms with van der Waals surface area (Å²) in [5.41, 5.74) is 1.48. The Hall–Kier alpha value is -2.05. The van der Waals surface area contributed by atoms with Crippen LogP contribution in [0.1, 0.15) is 31.2 Å². The number of hydrogen-bond acceptors (Lipinski definition) is 4. The molecule has 27 heavy (non-hydrogen) atoms. The first kappa shape index (κ1) is 18.3. The number of halogens is 1. The van der Waals surface area contributed by atoms with E-state index in [-0.39, 0.29) is 17.1 Å². The highest BCUT2D eigenvalue weighted by molar-refractivity contribution is 6.21. The van der Waals surface area contributed by atoms with Crippen LogP contribution in [0, 0.1) is 0 Å². The number of rotatable bonds is 3. The van der Waals surface area contributed by atoms with Crippen molar-refractivity contribution >= 4 is 23.8 Å². The maximum Gasteiger partial charge on any atom is 0.322 e. The first-order valence-electron chi connectivity index (χ1n) is 9.40. The van der Waals surface area contributed by atoms with E-state index >= 15 is 0 Å². The third-order valence-electron chi connectivity index (χ3n) is 6.30. The summed E-state index contributed by atoms with van der Waals surface area (Å²) >= 11 is 5.91. The Kier molecular flexibility index (Phi) is 4.64. The average molecular weight is 388 g/mol. The molecule has 0 aromatic heterocycles. The summed E-state index contributed by atoms with van der Waals surface area (Å²) < 4.78 is 0. The fourth-order valence-corrected chi connectivity index (χ4v) is 4.73. The number of amides is 2. The number of nitrogens with one attached hydrogen (secondary N) is 2. The number of benzene rings is 1. The molecule has 2 N–H and O–H groups in total. The zero-order valence-corrected chi connectivity index (χ0v) is 16.5. The van der Waals surface area contributed by atoms with Gasteiger partial charge in [0.15, 0.2) is 5.62 Å². The minimum Gasteiger partial charge on any atom is -0.356 e. The molecule has 1 saturated heterocycles. The summed E-state index contributed by atoms with van der Waals surface area (Å²) in [4.78, 5) is 20.9. The molecule has 6 nitrogen and oxygen atoms in total. The monoisotopic (exact) mass is 387 g/mol. The van der Waals surface area contributed by atoms with Gasteiger partial charge in [-0.25, -0.2) is 4.79 Å². The Morgan fingerprint density at radius 3 is 2.48 bits per heavy atom. The van der Waals surface area contributed by atoms with Crippen LogP contribution in [-0.4, -0.2) is 53.8 Å². The fraction of sp³-hybridized carbons (Fsp3) is 0.500. The van der Waals surface area contributed by atoms with Crippen LogP contribution in [0.4, 0.5) is 4.79 Å². The molecule has 1 spiro atoms. The summed E-state index contributed by atoms with van der Waals surface area (Å²) in [6, 6.07) is 10.7. The SMILES string of the molecule is CN(C)C1(c2ccccc2)CCC2(CC1)CN(C1=CNC(Cl)N=C1)C(=O)N2. The van der Waals surface area contributed by atoms with Crippen LogP contribution in [0.25, 0.3) is 0 Å². The van der Waals surface area contributed by atoms with Gasteiger partial charge in [-0.1, -0.05) is 41.9 Å². The molecular formula is C20H26ClN5O. The molecule has 1 saturated carbocycles. The van der Waals surface area contributed by atoms with Crippen molar-refractivity contribution in [3.8, 4) is 0 Å². The third kappa shape index (κ3) is 3.21. The predicted octanol–water partition coefficient (Wildman–Crippen LogP) is 2.82. The molecular weight excluding hydrogens is 362 g/mol. The molecule has 3 aliphatic rings. The third-order valence-corrected chi connectivity index (χ3v) is 6.54. The topological polar surface area (TPSA) is 60.0 Å². The summed E-state index contributed by atoms with van der Waals surface area (Å²) in [7, 11) is 4.31. The molecule has 2 aliphatic heterocycles. The lowest BCUT2D eigenvalue weighted by atomic mass is 9.69. The lowest BCUT2D eigenvalue weighted by Crippen LogP contribution is -2.54. The second-order valence-corrected chi connectivity index (χ2v) is 8.35. The molecule has 1 aliphatic carbocycles. The molecule has 0 radical (unpaired) electrons. The molecule has 1 atom stereocenters. The Morgan fingerprint density at radius 1 is 1.19 bits per heavy atom. The van der Waals surface area contributed by atoms with E-state index in [9.17, 15) is 4.79 Å². The molecule has 144 valence electrons. The number of alkyl halides is 1. The van der Waals surface area contributed by atoms with E-state index in [4.69, 9.17) is 11.6 Å². The number of aliphatic imine (C=N–C) groups is 1. The highest BCUT2D eigenvalue weighted by Gasteiger charge is 2.50. The lowest BCUT2D eigenvalue weighted by molar-refractivity contribution is 0.0630. The molecule has 1 aromatic rings. The van der Waals surface area contributed by atoms with E-state index < -0.39 is 5.62 Å². The fourth-order valence-electron chi connectivity index (χ4n) is 4.61. The molecule has 7 heteroatoms. The van der Waals surface area contributed by atoms with Crippen LogP contribution in [0.2, 0.25) is 0 Å². The standard InChI is InChI=1S/C20H26ClN5O/c1-25(2)20(15-6-4-3-5-7-15)10-8-19(9-11-20)14-26(18(27)24-19)16-12-22-17(21)23-13-16/h3-7,12-13,17,22H,8-11,14H2,1-2H3,(H,24,27). The van der Waals surface area contributed by atoms with Gasteiger partial charge in [0.1, 0.15) is 0 Å². The average Bonchev–Trinajstić information content (AvgIpc) is 3.00. The highest BCUT2D eigenvalue weighted by atomic mass is 35.5. The molecule has 2 fully saturated rings. The first-order chi connectivity index (χ1) is 12.9. The predicted molar refractivity (Wildman–Crippen MR) is 108 cm³/mol. The van der Waals surface area contributed by atoms with Crippen molar-refractivity contribution in [2.45, 2.75) is 42.4 Å². The number of carbonyl (C=O) groups excluding carboxylic acids is 1. The van der Waals surface area contributed by atoms with Gasteiger partial charge in [0, 0.05) is 11.7 Å². The van der Waals surface area contributed by atoms with Crippen molar-refractivity contribution in [1.82, 2.24) is 20.4 Å². The van der Waals surface area contributed by atoms with Gasteiger partial charge in [-0.05, 0) is 45.3 Å². The van der Waals surface area contributed by atoms with E-state index in [1.807, 2.05) is 0 Å².